The molecule has 6 heteroatoms. The number of oxime groups is 1. The van der Waals surface area contributed by atoms with Crippen molar-refractivity contribution in [3.8, 4) is 0 Å². The summed E-state index contributed by atoms with van der Waals surface area (Å²) in [4.78, 5) is 2.18. The van der Waals surface area contributed by atoms with Crippen molar-refractivity contribution in [2.75, 3.05) is 11.4 Å². The molecule has 0 spiro atoms. The average Bonchev–Trinajstić information content (AvgIpc) is 3.13. The number of aromatic nitrogens is 2. The summed E-state index contributed by atoms with van der Waals surface area (Å²) in [6, 6.07) is 2.54. The van der Waals surface area contributed by atoms with E-state index in [1.54, 1.807) is 6.20 Å². The van der Waals surface area contributed by atoms with Gasteiger partial charge in [0.15, 0.2) is 5.82 Å². The molecule has 2 rings (SSSR count). The van der Waals surface area contributed by atoms with Gasteiger partial charge in [-0.25, -0.2) is 0 Å². The molecule has 0 unspecified atom stereocenters. The quantitative estimate of drug-likeness (QED) is 0.342. The molecule has 1 aromatic rings. The van der Waals surface area contributed by atoms with Crippen molar-refractivity contribution in [1.82, 2.24) is 10.2 Å². The summed E-state index contributed by atoms with van der Waals surface area (Å²) in [5.74, 6) is 1.12. The van der Waals surface area contributed by atoms with E-state index >= 15 is 0 Å². The van der Waals surface area contributed by atoms with Gasteiger partial charge in [-0.2, -0.15) is 5.10 Å². The van der Waals surface area contributed by atoms with Crippen molar-refractivity contribution in [2.24, 2.45) is 10.9 Å². The van der Waals surface area contributed by atoms with Crippen LogP contribution in [0.25, 0.3) is 0 Å². The topological polar surface area (TPSA) is 87.6 Å². The van der Waals surface area contributed by atoms with Crippen molar-refractivity contribution in [2.45, 2.75) is 32.2 Å². The van der Waals surface area contributed by atoms with Gasteiger partial charge >= 0.3 is 0 Å². The summed E-state index contributed by atoms with van der Waals surface area (Å²) in [7, 11) is 0. The van der Waals surface area contributed by atoms with E-state index in [1.807, 2.05) is 13.0 Å². The van der Waals surface area contributed by atoms with Crippen LogP contribution in [0.5, 0.6) is 0 Å². The van der Waals surface area contributed by atoms with Gasteiger partial charge < -0.3 is 15.8 Å². The monoisotopic (exact) mass is 235 g/mol. The van der Waals surface area contributed by atoms with Crippen molar-refractivity contribution < 1.29 is 5.21 Å². The van der Waals surface area contributed by atoms with E-state index in [0.29, 0.717) is 19.0 Å². The van der Waals surface area contributed by atoms with Crippen molar-refractivity contribution in [1.29, 1.82) is 0 Å². The van der Waals surface area contributed by atoms with Crippen LogP contribution in [0.15, 0.2) is 17.4 Å². The molecule has 17 heavy (non-hydrogen) atoms. The molecule has 1 aliphatic rings. The van der Waals surface area contributed by atoms with Crippen LogP contribution in [0, 0.1) is 6.92 Å². The second kappa shape index (κ2) is 4.99. The van der Waals surface area contributed by atoms with Crippen LogP contribution in [-0.2, 0) is 0 Å². The second-order valence-electron chi connectivity index (χ2n) is 4.36. The van der Waals surface area contributed by atoms with Crippen LogP contribution >= 0.6 is 0 Å². The molecule has 1 aliphatic carbocycles. The fraction of sp³-hybridized carbons (Fsp3) is 0.545. The summed E-state index contributed by atoms with van der Waals surface area (Å²) >= 11 is 0. The van der Waals surface area contributed by atoms with Gasteiger partial charge in [-0.3, -0.25) is 0 Å². The van der Waals surface area contributed by atoms with Gasteiger partial charge in [0, 0.05) is 19.0 Å². The molecular weight excluding hydrogens is 218 g/mol. The molecule has 0 saturated heterocycles. The average molecular weight is 235 g/mol. The molecule has 1 aromatic heterocycles. The van der Waals surface area contributed by atoms with Gasteiger partial charge in [-0.05, 0) is 31.4 Å². The number of hydrogen-bond donors (Lipinski definition) is 2. The summed E-state index contributed by atoms with van der Waals surface area (Å²) in [5, 5.41) is 19.6. The Morgan fingerprint density at radius 1 is 1.65 bits per heavy atom. The van der Waals surface area contributed by atoms with Crippen molar-refractivity contribution in [3.63, 3.8) is 0 Å². The van der Waals surface area contributed by atoms with Gasteiger partial charge in [0.25, 0.3) is 0 Å². The van der Waals surface area contributed by atoms with E-state index in [2.05, 4.69) is 20.3 Å². The van der Waals surface area contributed by atoms with Crippen molar-refractivity contribution >= 4 is 11.7 Å². The minimum Gasteiger partial charge on any atom is -0.409 e. The maximum absolute atomic E-state index is 8.53. The molecule has 6 nitrogen and oxygen atoms in total. The molecule has 1 saturated carbocycles. The maximum atomic E-state index is 8.53. The molecular formula is C11H17N5O. The Labute approximate surface area is 100 Å². The Hall–Kier alpha value is -1.85. The zero-order valence-electron chi connectivity index (χ0n) is 9.87. The number of amidine groups is 1. The number of hydrogen-bond acceptors (Lipinski definition) is 5. The smallest absolute Gasteiger partial charge is 0.151 e. The molecule has 0 aliphatic heterocycles. The molecule has 92 valence electrons. The predicted molar refractivity (Wildman–Crippen MR) is 65.2 cm³/mol. The van der Waals surface area contributed by atoms with E-state index in [4.69, 9.17) is 10.9 Å². The Kier molecular flexibility index (Phi) is 3.41. The second-order valence-corrected chi connectivity index (χ2v) is 4.36. The first-order chi connectivity index (χ1) is 8.20. The fourth-order valence-electron chi connectivity index (χ4n) is 1.74. The van der Waals surface area contributed by atoms with Gasteiger partial charge in [0.05, 0.1) is 6.20 Å². The van der Waals surface area contributed by atoms with Crippen LogP contribution in [-0.4, -0.2) is 33.8 Å². The molecule has 3 N–H and O–H groups in total. The molecule has 1 heterocycles. The molecule has 0 radical (unpaired) electrons. The summed E-state index contributed by atoms with van der Waals surface area (Å²) in [6.45, 7) is 2.70. The lowest BCUT2D eigenvalue weighted by atomic mass is 10.3. The Morgan fingerprint density at radius 3 is 3.00 bits per heavy atom. The Morgan fingerprint density at radius 2 is 2.41 bits per heavy atom. The zero-order valence-corrected chi connectivity index (χ0v) is 9.87. The molecule has 1 fully saturated rings. The minimum atomic E-state index is 0.247. The van der Waals surface area contributed by atoms with Crippen LogP contribution in [0.3, 0.4) is 0 Å². The first kappa shape index (κ1) is 11.6. The lowest BCUT2D eigenvalue weighted by molar-refractivity contribution is 0.317. The zero-order chi connectivity index (χ0) is 12.3. The number of anilines is 1. The third-order valence-electron chi connectivity index (χ3n) is 2.80. The SMILES string of the molecule is Cc1cnnc(N(CCC(N)=NO)C2CC2)c1. The normalized spacial score (nSPS) is 15.9. The van der Waals surface area contributed by atoms with Crippen LogP contribution in [0.2, 0.25) is 0 Å². The first-order valence-electron chi connectivity index (χ1n) is 5.73. The molecule has 0 bridgehead atoms. The maximum Gasteiger partial charge on any atom is 0.151 e. The number of nitrogens with two attached hydrogens (primary N) is 1. The van der Waals surface area contributed by atoms with Crippen LogP contribution < -0.4 is 10.6 Å². The third kappa shape index (κ3) is 3.05. The minimum absolute atomic E-state index is 0.247. The Balaban J connectivity index is 2.07. The Bertz CT molecular complexity index is 416. The summed E-state index contributed by atoms with van der Waals surface area (Å²) in [5.41, 5.74) is 6.57. The van der Waals surface area contributed by atoms with Gasteiger partial charge in [-0.1, -0.05) is 5.16 Å². The van der Waals surface area contributed by atoms with E-state index in [-0.39, 0.29) is 5.84 Å². The van der Waals surface area contributed by atoms with Gasteiger partial charge in [0.1, 0.15) is 5.84 Å². The van der Waals surface area contributed by atoms with E-state index < -0.39 is 0 Å². The van der Waals surface area contributed by atoms with Gasteiger partial charge in [0.2, 0.25) is 0 Å². The summed E-state index contributed by atoms with van der Waals surface area (Å²) in [6.07, 6.45) is 4.61. The lowest BCUT2D eigenvalue weighted by Gasteiger charge is -2.22. The van der Waals surface area contributed by atoms with Crippen LogP contribution in [0.1, 0.15) is 24.8 Å². The molecule has 0 aromatic carbocycles. The highest BCUT2D eigenvalue weighted by Crippen LogP contribution is 2.30. The van der Waals surface area contributed by atoms with E-state index in [1.165, 1.54) is 12.8 Å². The van der Waals surface area contributed by atoms with Gasteiger partial charge in [-0.15, -0.1) is 5.10 Å². The highest BCUT2D eigenvalue weighted by atomic mass is 16.4. The predicted octanol–water partition coefficient (Wildman–Crippen LogP) is 0.890. The highest BCUT2D eigenvalue weighted by molar-refractivity contribution is 5.80. The molecule has 0 amide bonds. The third-order valence-corrected chi connectivity index (χ3v) is 2.80. The lowest BCUT2D eigenvalue weighted by Crippen LogP contribution is -2.31. The number of aryl methyl sites for hydroxylation is 1. The highest BCUT2D eigenvalue weighted by Gasteiger charge is 2.30. The standard InChI is InChI=1S/C11H17N5O/c1-8-6-11(14-13-7-8)16(9-2-3-9)5-4-10(12)15-17/h6-7,9,17H,2-5H2,1H3,(H2,12,15). The van der Waals surface area contributed by atoms with Crippen LogP contribution in [0.4, 0.5) is 5.82 Å². The number of nitrogens with zero attached hydrogens (tertiary/aromatic N) is 4. The largest absolute Gasteiger partial charge is 0.409 e. The van der Waals surface area contributed by atoms with E-state index in [0.717, 1.165) is 11.4 Å². The fourth-order valence-corrected chi connectivity index (χ4v) is 1.74. The molecule has 0 atom stereocenters. The van der Waals surface area contributed by atoms with E-state index in [9.17, 15) is 0 Å². The van der Waals surface area contributed by atoms with Crippen molar-refractivity contribution in [3.05, 3.63) is 17.8 Å². The summed E-state index contributed by atoms with van der Waals surface area (Å²) < 4.78 is 0. The number of rotatable bonds is 5. The first-order valence-corrected chi connectivity index (χ1v) is 5.73.